The van der Waals surface area contributed by atoms with Crippen LogP contribution in [0, 0.1) is 0 Å². The summed E-state index contributed by atoms with van der Waals surface area (Å²) in [6, 6.07) is 2.09. The Bertz CT molecular complexity index is 336. The predicted octanol–water partition coefficient (Wildman–Crippen LogP) is 1.58. The predicted molar refractivity (Wildman–Crippen MR) is 50.6 cm³/mol. The number of fused-ring (bicyclic) bond motifs is 1. The minimum Gasteiger partial charge on any atom is -0.371 e. The van der Waals surface area contributed by atoms with Crippen LogP contribution >= 0.6 is 11.3 Å². The van der Waals surface area contributed by atoms with Gasteiger partial charge < -0.3 is 10.1 Å². The fourth-order valence-corrected chi connectivity index (χ4v) is 2.47. The van der Waals surface area contributed by atoms with Gasteiger partial charge in [-0.1, -0.05) is 0 Å². The Labute approximate surface area is 80.8 Å². The van der Waals surface area contributed by atoms with Gasteiger partial charge in [0.15, 0.2) is 0 Å². The van der Waals surface area contributed by atoms with E-state index in [0.717, 1.165) is 11.3 Å². The zero-order valence-electron chi connectivity index (χ0n) is 9.67. The van der Waals surface area contributed by atoms with Crippen LogP contribution in [0.25, 0.3) is 0 Å². The molecule has 1 N–H and O–H groups in total. The molecular formula is C9H13NOS. The van der Waals surface area contributed by atoms with Gasteiger partial charge in [0.1, 0.15) is 6.10 Å². The summed E-state index contributed by atoms with van der Waals surface area (Å²) in [6.07, 6.45) is 0.831. The Kier molecular flexibility index (Phi) is 1.59. The molecule has 2 heterocycles. The third kappa shape index (κ3) is 1.40. The molecule has 66 valence electrons. The van der Waals surface area contributed by atoms with E-state index in [0.29, 0.717) is 13.2 Å². The second-order valence-corrected chi connectivity index (χ2v) is 3.75. The molecule has 0 saturated carbocycles. The van der Waals surface area contributed by atoms with Crippen LogP contribution in [0.4, 0.5) is 0 Å². The summed E-state index contributed by atoms with van der Waals surface area (Å²) in [7, 11) is 0. The molecule has 0 radical (unpaired) electrons. The van der Waals surface area contributed by atoms with E-state index in [2.05, 4.69) is 11.4 Å². The Morgan fingerprint density at radius 3 is 3.83 bits per heavy atom. The van der Waals surface area contributed by atoms with Gasteiger partial charge in [0.2, 0.25) is 0 Å². The first-order chi connectivity index (χ1) is 7.06. The Morgan fingerprint density at radius 2 is 2.92 bits per heavy atom. The SMILES string of the molecule is [2H]C([2H])([2H])NC[C@H]1OCCc2ccsc21. The number of thiophene rings is 1. The van der Waals surface area contributed by atoms with E-state index < -0.39 is 6.98 Å². The second kappa shape index (κ2) is 3.56. The molecule has 0 unspecified atom stereocenters. The highest BCUT2D eigenvalue weighted by atomic mass is 32.1. The van der Waals surface area contributed by atoms with E-state index in [1.54, 1.807) is 11.3 Å². The first-order valence-electron chi connectivity index (χ1n) is 5.49. The van der Waals surface area contributed by atoms with Crippen LogP contribution in [0.5, 0.6) is 0 Å². The van der Waals surface area contributed by atoms with Crippen molar-refractivity contribution in [2.45, 2.75) is 12.5 Å². The van der Waals surface area contributed by atoms with Crippen molar-refractivity contribution in [2.75, 3.05) is 20.1 Å². The molecule has 0 fully saturated rings. The van der Waals surface area contributed by atoms with Crippen LogP contribution in [-0.4, -0.2) is 20.1 Å². The van der Waals surface area contributed by atoms with Gasteiger partial charge in [-0.3, -0.25) is 0 Å². The van der Waals surface area contributed by atoms with Crippen molar-refractivity contribution in [3.63, 3.8) is 0 Å². The van der Waals surface area contributed by atoms with Gasteiger partial charge in [-0.25, -0.2) is 0 Å². The van der Waals surface area contributed by atoms with Crippen molar-refractivity contribution in [1.29, 1.82) is 0 Å². The van der Waals surface area contributed by atoms with Crippen molar-refractivity contribution in [3.05, 3.63) is 21.9 Å². The van der Waals surface area contributed by atoms with Gasteiger partial charge in [-0.15, -0.1) is 11.3 Å². The van der Waals surface area contributed by atoms with Crippen molar-refractivity contribution in [3.8, 4) is 0 Å². The molecular weight excluding hydrogens is 170 g/mol. The van der Waals surface area contributed by atoms with Crippen LogP contribution in [0.2, 0.25) is 0 Å². The molecule has 0 amide bonds. The number of rotatable bonds is 2. The number of nitrogens with one attached hydrogen (secondary N) is 1. The lowest BCUT2D eigenvalue weighted by atomic mass is 10.1. The summed E-state index contributed by atoms with van der Waals surface area (Å²) in [5.74, 6) is 0. The van der Waals surface area contributed by atoms with Crippen LogP contribution in [0.3, 0.4) is 0 Å². The molecule has 1 aliphatic rings. The summed E-state index contributed by atoms with van der Waals surface area (Å²) >= 11 is 1.64. The van der Waals surface area contributed by atoms with E-state index in [9.17, 15) is 0 Å². The number of likely N-dealkylation sites (N-methyl/N-ethyl adjacent to an activating group) is 1. The first-order valence-corrected chi connectivity index (χ1v) is 4.87. The van der Waals surface area contributed by atoms with Crippen molar-refractivity contribution >= 4 is 11.3 Å². The molecule has 2 rings (SSSR count). The summed E-state index contributed by atoms with van der Waals surface area (Å²) in [5.41, 5.74) is 1.29. The largest absolute Gasteiger partial charge is 0.371 e. The molecule has 0 saturated heterocycles. The fraction of sp³-hybridized carbons (Fsp3) is 0.556. The third-order valence-corrected chi connectivity index (χ3v) is 3.10. The lowest BCUT2D eigenvalue weighted by Crippen LogP contribution is -2.23. The van der Waals surface area contributed by atoms with E-state index in [1.807, 2.05) is 5.38 Å². The van der Waals surface area contributed by atoms with Gasteiger partial charge in [-0.2, -0.15) is 0 Å². The minimum atomic E-state index is -2.09. The van der Waals surface area contributed by atoms with Gasteiger partial charge in [-0.05, 0) is 30.4 Å². The Morgan fingerprint density at radius 1 is 1.92 bits per heavy atom. The Hall–Kier alpha value is -0.380. The van der Waals surface area contributed by atoms with Crippen LogP contribution in [-0.2, 0) is 11.2 Å². The number of ether oxygens (including phenoxy) is 1. The normalized spacial score (nSPS) is 27.0. The monoisotopic (exact) mass is 186 g/mol. The molecule has 1 aliphatic heterocycles. The summed E-state index contributed by atoms with van der Waals surface area (Å²) in [6.45, 7) is -1.06. The molecule has 1 aromatic rings. The molecule has 0 bridgehead atoms. The highest BCUT2D eigenvalue weighted by molar-refractivity contribution is 7.10. The zero-order valence-corrected chi connectivity index (χ0v) is 7.49. The Balaban J connectivity index is 2.01. The molecule has 0 aromatic carbocycles. The lowest BCUT2D eigenvalue weighted by molar-refractivity contribution is 0.0469. The average molecular weight is 186 g/mol. The van der Waals surface area contributed by atoms with Gasteiger partial charge in [0.25, 0.3) is 0 Å². The molecule has 1 atom stereocenters. The maximum Gasteiger partial charge on any atom is 0.104 e. The van der Waals surface area contributed by atoms with Crippen molar-refractivity contribution < 1.29 is 8.85 Å². The summed E-state index contributed by atoms with van der Waals surface area (Å²) in [4.78, 5) is 1.16. The highest BCUT2D eigenvalue weighted by Gasteiger charge is 2.20. The lowest BCUT2D eigenvalue weighted by Gasteiger charge is -2.22. The molecule has 1 aromatic heterocycles. The molecule has 12 heavy (non-hydrogen) atoms. The summed E-state index contributed by atoms with van der Waals surface area (Å²) < 4.78 is 26.8. The topological polar surface area (TPSA) is 21.3 Å². The molecule has 0 aliphatic carbocycles. The summed E-state index contributed by atoms with van der Waals surface area (Å²) in [5, 5.41) is 4.53. The van der Waals surface area contributed by atoms with E-state index >= 15 is 0 Å². The molecule has 2 nitrogen and oxygen atoms in total. The van der Waals surface area contributed by atoms with E-state index in [1.165, 1.54) is 5.56 Å². The van der Waals surface area contributed by atoms with Crippen molar-refractivity contribution in [1.82, 2.24) is 5.32 Å². The maximum atomic E-state index is 7.07. The van der Waals surface area contributed by atoms with Crippen LogP contribution < -0.4 is 5.32 Å². The second-order valence-electron chi connectivity index (χ2n) is 2.80. The van der Waals surface area contributed by atoms with Crippen molar-refractivity contribution in [2.24, 2.45) is 0 Å². The first kappa shape index (κ1) is 5.37. The number of hydrogen-bond donors (Lipinski definition) is 1. The quantitative estimate of drug-likeness (QED) is 0.757. The maximum absolute atomic E-state index is 7.07. The van der Waals surface area contributed by atoms with E-state index in [4.69, 9.17) is 8.85 Å². The number of hydrogen-bond acceptors (Lipinski definition) is 3. The van der Waals surface area contributed by atoms with E-state index in [-0.39, 0.29) is 6.10 Å². The zero-order chi connectivity index (χ0) is 10.9. The molecule has 0 spiro atoms. The van der Waals surface area contributed by atoms with Crippen LogP contribution in [0.1, 0.15) is 20.7 Å². The fourth-order valence-electron chi connectivity index (χ4n) is 1.47. The minimum absolute atomic E-state index is 0.103. The smallest absolute Gasteiger partial charge is 0.104 e. The van der Waals surface area contributed by atoms with Gasteiger partial charge in [0.05, 0.1) is 6.61 Å². The standard InChI is InChI=1S/C9H13NOS/c1-10-6-8-9-7(2-4-11-8)3-5-12-9/h3,5,8,10H,2,4,6H2,1H3/t8-/m1/s1/i1D3. The van der Waals surface area contributed by atoms with Gasteiger partial charge >= 0.3 is 0 Å². The van der Waals surface area contributed by atoms with Gasteiger partial charge in [0, 0.05) is 15.5 Å². The third-order valence-electron chi connectivity index (χ3n) is 2.05. The highest BCUT2D eigenvalue weighted by Crippen LogP contribution is 2.30. The average Bonchev–Trinajstić information content (AvgIpc) is 2.61. The molecule has 3 heteroatoms. The van der Waals surface area contributed by atoms with Crippen LogP contribution in [0.15, 0.2) is 11.4 Å².